The van der Waals surface area contributed by atoms with Crippen molar-refractivity contribution >= 4 is 17.0 Å². The highest BCUT2D eigenvalue weighted by Crippen LogP contribution is 2.37. The highest BCUT2D eigenvalue weighted by atomic mass is 32.1. The Morgan fingerprint density at radius 1 is 1.03 bits per heavy atom. The van der Waals surface area contributed by atoms with Crippen molar-refractivity contribution in [3.05, 3.63) is 81.8 Å². The Labute approximate surface area is 186 Å². The molecular weight excluding hydrogens is 411 g/mol. The van der Waals surface area contributed by atoms with E-state index in [9.17, 15) is 9.50 Å². The summed E-state index contributed by atoms with van der Waals surface area (Å²) in [5.41, 5.74) is 1.77. The van der Waals surface area contributed by atoms with Crippen LogP contribution in [0, 0.1) is 5.82 Å². The number of rotatable bonds is 4. The summed E-state index contributed by atoms with van der Waals surface area (Å²) in [5, 5.41) is 13.6. The molecule has 0 aliphatic carbocycles. The van der Waals surface area contributed by atoms with Crippen molar-refractivity contribution in [3.8, 4) is 5.75 Å². The number of fused-ring (bicyclic) bond motifs is 1. The Morgan fingerprint density at radius 3 is 2.65 bits per heavy atom. The number of nitrogens with zero attached hydrogens (tertiary/aromatic N) is 2. The fourth-order valence-electron chi connectivity index (χ4n) is 4.61. The van der Waals surface area contributed by atoms with Crippen molar-refractivity contribution in [2.75, 3.05) is 31.1 Å². The molecule has 0 saturated carbocycles. The molecule has 2 aromatic carbocycles. The van der Waals surface area contributed by atoms with Crippen LogP contribution in [0.5, 0.6) is 5.75 Å². The van der Waals surface area contributed by atoms with E-state index < -0.39 is 5.60 Å². The van der Waals surface area contributed by atoms with Gasteiger partial charge in [-0.1, -0.05) is 24.3 Å². The van der Waals surface area contributed by atoms with Crippen molar-refractivity contribution < 1.29 is 14.2 Å². The van der Waals surface area contributed by atoms with Gasteiger partial charge in [-0.05, 0) is 54.1 Å². The van der Waals surface area contributed by atoms with E-state index in [0.717, 1.165) is 36.5 Å². The zero-order valence-electron chi connectivity index (χ0n) is 17.5. The van der Waals surface area contributed by atoms with E-state index in [-0.39, 0.29) is 5.82 Å². The van der Waals surface area contributed by atoms with Crippen molar-refractivity contribution in [3.63, 3.8) is 0 Å². The summed E-state index contributed by atoms with van der Waals surface area (Å²) in [6.45, 7) is 4.50. The van der Waals surface area contributed by atoms with Crippen LogP contribution in [-0.2, 0) is 18.7 Å². The summed E-state index contributed by atoms with van der Waals surface area (Å²) in [6.07, 6.45) is 1.14. The molecule has 5 rings (SSSR count). The highest BCUT2D eigenvalue weighted by Gasteiger charge is 2.35. The molecule has 0 radical (unpaired) electrons. The van der Waals surface area contributed by atoms with Crippen LogP contribution < -0.4 is 9.64 Å². The fraction of sp³-hybridized carbons (Fsp3) is 0.360. The van der Waals surface area contributed by atoms with Gasteiger partial charge < -0.3 is 14.7 Å². The monoisotopic (exact) mass is 438 g/mol. The number of benzene rings is 2. The zero-order chi connectivity index (χ0) is 21.3. The Morgan fingerprint density at radius 2 is 1.87 bits per heavy atom. The first-order chi connectivity index (χ1) is 15.1. The third-order valence-electron chi connectivity index (χ3n) is 6.40. The number of halogens is 1. The minimum atomic E-state index is -0.901. The lowest BCUT2D eigenvalue weighted by Gasteiger charge is -2.40. The van der Waals surface area contributed by atoms with Crippen LogP contribution in [0.2, 0.25) is 0 Å². The normalized spacial score (nSPS) is 18.8. The highest BCUT2D eigenvalue weighted by molar-refractivity contribution is 7.09. The molecule has 1 fully saturated rings. The van der Waals surface area contributed by atoms with Crippen molar-refractivity contribution in [2.45, 2.75) is 31.5 Å². The lowest BCUT2D eigenvalue weighted by atomic mass is 9.83. The molecule has 0 atom stereocenters. The maximum Gasteiger partial charge on any atom is 0.146 e. The van der Waals surface area contributed by atoms with Crippen LogP contribution in [0.1, 0.15) is 28.8 Å². The lowest BCUT2D eigenvalue weighted by molar-refractivity contribution is 0.0115. The van der Waals surface area contributed by atoms with Gasteiger partial charge in [0, 0.05) is 43.2 Å². The van der Waals surface area contributed by atoms with Gasteiger partial charge in [0.25, 0.3) is 0 Å². The van der Waals surface area contributed by atoms with E-state index in [1.165, 1.54) is 10.9 Å². The molecule has 162 valence electrons. The average Bonchev–Trinajstić information content (AvgIpc) is 3.20. The summed E-state index contributed by atoms with van der Waals surface area (Å²) < 4.78 is 20.2. The number of piperidine rings is 1. The predicted octanol–water partition coefficient (Wildman–Crippen LogP) is 4.77. The molecule has 3 heterocycles. The Hall–Kier alpha value is -2.41. The number of para-hydroxylation sites is 1. The van der Waals surface area contributed by atoms with Gasteiger partial charge in [-0.25, -0.2) is 4.39 Å². The molecule has 1 aromatic heterocycles. The maximum atomic E-state index is 14.2. The minimum absolute atomic E-state index is 0.207. The van der Waals surface area contributed by atoms with Crippen LogP contribution in [0.25, 0.3) is 0 Å². The molecule has 0 amide bonds. The van der Waals surface area contributed by atoms with E-state index in [2.05, 4.69) is 28.5 Å². The molecule has 4 nitrogen and oxygen atoms in total. The largest absolute Gasteiger partial charge is 0.492 e. The van der Waals surface area contributed by atoms with Gasteiger partial charge in [0.1, 0.15) is 18.2 Å². The molecule has 0 unspecified atom stereocenters. The van der Waals surface area contributed by atoms with Gasteiger partial charge >= 0.3 is 0 Å². The van der Waals surface area contributed by atoms with E-state index in [4.69, 9.17) is 4.74 Å². The molecule has 1 saturated heterocycles. The molecule has 3 aromatic rings. The summed E-state index contributed by atoms with van der Waals surface area (Å²) in [6, 6.07) is 17.2. The van der Waals surface area contributed by atoms with Crippen LogP contribution >= 0.6 is 11.3 Å². The van der Waals surface area contributed by atoms with E-state index in [0.29, 0.717) is 38.2 Å². The van der Waals surface area contributed by atoms with Gasteiger partial charge in [-0.15, -0.1) is 11.3 Å². The second kappa shape index (κ2) is 8.61. The van der Waals surface area contributed by atoms with Crippen LogP contribution in [-0.4, -0.2) is 36.2 Å². The van der Waals surface area contributed by atoms with E-state index in [1.807, 2.05) is 29.2 Å². The van der Waals surface area contributed by atoms with E-state index in [1.54, 1.807) is 17.4 Å². The second-order valence-corrected chi connectivity index (χ2v) is 9.46. The first kappa shape index (κ1) is 20.5. The second-order valence-electron chi connectivity index (χ2n) is 8.43. The number of hydrogen-bond acceptors (Lipinski definition) is 5. The number of thiophene rings is 1. The third-order valence-corrected chi connectivity index (χ3v) is 7.26. The van der Waals surface area contributed by atoms with Crippen molar-refractivity contribution in [1.82, 2.24) is 4.90 Å². The Bertz CT molecular complexity index is 1030. The van der Waals surface area contributed by atoms with Gasteiger partial charge in [0.2, 0.25) is 0 Å². The fourth-order valence-corrected chi connectivity index (χ4v) is 5.36. The standard InChI is InChI=1S/C25H27FN2O2S/c26-22-5-1-2-6-23(22)28-11-9-25(29,10-12-28)20-7-8-24-19(16-20)17-27(13-14-30-24)18-21-4-3-15-31-21/h1-8,15-16,29H,9-14,17-18H2. The molecule has 31 heavy (non-hydrogen) atoms. The smallest absolute Gasteiger partial charge is 0.146 e. The SMILES string of the molecule is OC1(c2ccc3c(c2)CN(Cc2cccs2)CCO3)CCN(c2ccccc2F)CC1. The number of aliphatic hydroxyl groups is 1. The molecular formula is C25H27FN2O2S. The quantitative estimate of drug-likeness (QED) is 0.637. The van der Waals surface area contributed by atoms with Crippen molar-refractivity contribution in [2.24, 2.45) is 0 Å². The van der Waals surface area contributed by atoms with Crippen LogP contribution in [0.15, 0.2) is 60.0 Å². The first-order valence-electron chi connectivity index (χ1n) is 10.8. The van der Waals surface area contributed by atoms with Crippen LogP contribution in [0.3, 0.4) is 0 Å². The van der Waals surface area contributed by atoms with Crippen LogP contribution in [0.4, 0.5) is 10.1 Å². The summed E-state index contributed by atoms with van der Waals surface area (Å²) in [4.78, 5) is 5.77. The molecule has 1 N–H and O–H groups in total. The Balaban J connectivity index is 1.32. The molecule has 6 heteroatoms. The first-order valence-corrected chi connectivity index (χ1v) is 11.7. The molecule has 2 aliphatic rings. The van der Waals surface area contributed by atoms with Gasteiger partial charge in [-0.2, -0.15) is 0 Å². The van der Waals surface area contributed by atoms with E-state index >= 15 is 0 Å². The molecule has 0 spiro atoms. The predicted molar refractivity (Wildman–Crippen MR) is 122 cm³/mol. The van der Waals surface area contributed by atoms with Gasteiger partial charge in [0.05, 0.1) is 11.3 Å². The van der Waals surface area contributed by atoms with Gasteiger partial charge in [0.15, 0.2) is 0 Å². The number of hydrogen-bond donors (Lipinski definition) is 1. The third kappa shape index (κ3) is 4.33. The summed E-state index contributed by atoms with van der Waals surface area (Å²) in [5.74, 6) is 0.700. The molecule has 0 bridgehead atoms. The average molecular weight is 439 g/mol. The zero-order valence-corrected chi connectivity index (χ0v) is 18.3. The topological polar surface area (TPSA) is 35.9 Å². The van der Waals surface area contributed by atoms with Gasteiger partial charge in [-0.3, -0.25) is 4.90 Å². The number of ether oxygens (including phenoxy) is 1. The number of anilines is 1. The summed E-state index contributed by atoms with van der Waals surface area (Å²) in [7, 11) is 0. The van der Waals surface area contributed by atoms with Crippen molar-refractivity contribution in [1.29, 1.82) is 0 Å². The Kier molecular flexibility index (Phi) is 5.69. The molecule has 2 aliphatic heterocycles. The minimum Gasteiger partial charge on any atom is -0.492 e. The summed E-state index contributed by atoms with van der Waals surface area (Å²) >= 11 is 1.78. The lowest BCUT2D eigenvalue weighted by Crippen LogP contribution is -2.43. The maximum absolute atomic E-state index is 14.2.